The van der Waals surface area contributed by atoms with Gasteiger partial charge in [-0.25, -0.2) is 0 Å². The number of carbonyl (C=O) groups is 1. The molecule has 248 valence electrons. The molecule has 8 heteroatoms. The SMILES string of the molecule is CC.CC.CC.COc1ccc(CN(C)c2c(OCC3CNC3)cc(NSc3ccccc3OC)cc2C2(C=O)CCC2)cc1. The number of methoxy groups -OCH3 is 2. The monoisotopic (exact) mass is 637 g/mol. The fourth-order valence-electron chi connectivity index (χ4n) is 5.13. The van der Waals surface area contributed by atoms with Crippen LogP contribution in [0.4, 0.5) is 11.4 Å². The first-order valence-electron chi connectivity index (χ1n) is 16.4. The molecular formula is C37H55N3O4S. The van der Waals surface area contributed by atoms with E-state index in [1.54, 1.807) is 14.2 Å². The van der Waals surface area contributed by atoms with Gasteiger partial charge in [-0.3, -0.25) is 0 Å². The Morgan fingerprint density at radius 1 is 0.933 bits per heavy atom. The molecule has 2 N–H and O–H groups in total. The second-order valence-electron chi connectivity index (χ2n) is 10.4. The highest BCUT2D eigenvalue weighted by atomic mass is 32.2. The topological polar surface area (TPSA) is 72.1 Å². The van der Waals surface area contributed by atoms with E-state index in [2.05, 4.69) is 46.3 Å². The van der Waals surface area contributed by atoms with E-state index in [9.17, 15) is 4.79 Å². The van der Waals surface area contributed by atoms with Crippen LogP contribution in [-0.2, 0) is 16.8 Å². The third-order valence-electron chi connectivity index (χ3n) is 7.73. The standard InChI is InChI=1S/C31H37N3O4S.3C2H6/c1-34(19-22-9-11-25(36-2)12-10-22)30-26(31(21-35)13-6-14-31)15-24(16-28(30)38-20-23-17-32-18-23)33-39-29-8-5-4-7-27(29)37-3;3*1-2/h4-5,7-12,15-16,21,23,32-33H,6,13-14,17-20H2,1-3H3;3*1-2H3. The summed E-state index contributed by atoms with van der Waals surface area (Å²) in [5.74, 6) is 2.92. The Morgan fingerprint density at radius 2 is 1.60 bits per heavy atom. The van der Waals surface area contributed by atoms with Gasteiger partial charge in [0.15, 0.2) is 0 Å². The van der Waals surface area contributed by atoms with Crippen LogP contribution in [0.25, 0.3) is 0 Å². The van der Waals surface area contributed by atoms with Crippen LogP contribution in [0.3, 0.4) is 0 Å². The maximum absolute atomic E-state index is 12.6. The van der Waals surface area contributed by atoms with E-state index < -0.39 is 5.41 Å². The number of hydrogen-bond donors (Lipinski definition) is 2. The van der Waals surface area contributed by atoms with Crippen LogP contribution in [0.15, 0.2) is 65.6 Å². The van der Waals surface area contributed by atoms with Crippen molar-refractivity contribution in [2.24, 2.45) is 5.92 Å². The molecule has 5 rings (SSSR count). The highest BCUT2D eigenvalue weighted by molar-refractivity contribution is 8.00. The molecule has 0 radical (unpaired) electrons. The lowest BCUT2D eigenvalue weighted by Crippen LogP contribution is -2.45. The number of aldehydes is 1. The minimum atomic E-state index is -0.508. The van der Waals surface area contributed by atoms with E-state index in [0.29, 0.717) is 19.1 Å². The summed E-state index contributed by atoms with van der Waals surface area (Å²) in [7, 11) is 5.43. The predicted octanol–water partition coefficient (Wildman–Crippen LogP) is 8.76. The molecule has 0 bridgehead atoms. The van der Waals surface area contributed by atoms with Crippen molar-refractivity contribution in [3.05, 3.63) is 71.8 Å². The molecule has 0 atom stereocenters. The van der Waals surface area contributed by atoms with Gasteiger partial charge in [-0.15, -0.1) is 0 Å². The molecular weight excluding hydrogens is 582 g/mol. The summed E-state index contributed by atoms with van der Waals surface area (Å²) in [6, 6.07) is 20.2. The molecule has 2 aliphatic rings. The molecule has 1 saturated carbocycles. The van der Waals surface area contributed by atoms with Gasteiger partial charge >= 0.3 is 0 Å². The highest BCUT2D eigenvalue weighted by Crippen LogP contribution is 2.50. The van der Waals surface area contributed by atoms with Gasteiger partial charge in [0.25, 0.3) is 0 Å². The lowest BCUT2D eigenvalue weighted by Gasteiger charge is -2.41. The minimum absolute atomic E-state index is 0.483. The van der Waals surface area contributed by atoms with E-state index in [1.165, 1.54) is 11.9 Å². The lowest BCUT2D eigenvalue weighted by atomic mass is 9.65. The molecule has 1 aliphatic heterocycles. The van der Waals surface area contributed by atoms with Crippen molar-refractivity contribution in [1.82, 2.24) is 5.32 Å². The summed E-state index contributed by atoms with van der Waals surface area (Å²) in [5.41, 5.74) is 3.55. The van der Waals surface area contributed by atoms with Crippen molar-refractivity contribution >= 4 is 29.6 Å². The number of hydrogen-bond acceptors (Lipinski definition) is 8. The van der Waals surface area contributed by atoms with E-state index in [4.69, 9.17) is 14.2 Å². The van der Waals surface area contributed by atoms with E-state index in [-0.39, 0.29) is 0 Å². The van der Waals surface area contributed by atoms with Crippen molar-refractivity contribution in [2.45, 2.75) is 77.7 Å². The Bertz CT molecular complexity index is 1280. The summed E-state index contributed by atoms with van der Waals surface area (Å²) in [6.45, 7) is 15.2. The van der Waals surface area contributed by atoms with Crippen molar-refractivity contribution in [1.29, 1.82) is 0 Å². The molecule has 7 nitrogen and oxygen atoms in total. The van der Waals surface area contributed by atoms with E-state index in [0.717, 1.165) is 83.3 Å². The Kier molecular flexibility index (Phi) is 16.7. The fourth-order valence-corrected chi connectivity index (χ4v) is 5.88. The Morgan fingerprint density at radius 3 is 2.13 bits per heavy atom. The lowest BCUT2D eigenvalue weighted by molar-refractivity contribution is -0.115. The van der Waals surface area contributed by atoms with Gasteiger partial charge in [0, 0.05) is 44.4 Å². The zero-order valence-electron chi connectivity index (χ0n) is 28.9. The molecule has 0 unspecified atom stereocenters. The summed E-state index contributed by atoms with van der Waals surface area (Å²) in [4.78, 5) is 15.8. The summed E-state index contributed by atoms with van der Waals surface area (Å²) in [6.07, 6.45) is 3.87. The van der Waals surface area contributed by atoms with Crippen molar-refractivity contribution in [3.8, 4) is 17.2 Å². The van der Waals surface area contributed by atoms with Gasteiger partial charge in [0.1, 0.15) is 23.5 Å². The number of para-hydroxylation sites is 1. The molecule has 45 heavy (non-hydrogen) atoms. The van der Waals surface area contributed by atoms with Gasteiger partial charge in [-0.05, 0) is 66.2 Å². The Hall–Kier alpha value is -3.36. The van der Waals surface area contributed by atoms with Crippen LogP contribution >= 0.6 is 11.9 Å². The normalized spacial score (nSPS) is 14.2. The molecule has 0 amide bonds. The van der Waals surface area contributed by atoms with Gasteiger partial charge in [0.2, 0.25) is 0 Å². The number of ether oxygens (including phenoxy) is 3. The fraction of sp³-hybridized carbons (Fsp3) is 0.486. The zero-order chi connectivity index (χ0) is 33.2. The second kappa shape index (κ2) is 19.9. The predicted molar refractivity (Wildman–Crippen MR) is 192 cm³/mol. The minimum Gasteiger partial charge on any atom is -0.497 e. The largest absolute Gasteiger partial charge is 0.497 e. The summed E-state index contributed by atoms with van der Waals surface area (Å²) in [5, 5.41) is 3.33. The zero-order valence-corrected chi connectivity index (χ0v) is 29.7. The average Bonchev–Trinajstić information content (AvgIpc) is 3.06. The molecule has 3 aromatic carbocycles. The van der Waals surface area contributed by atoms with Crippen molar-refractivity contribution < 1.29 is 19.0 Å². The Balaban J connectivity index is 0.00000111. The summed E-state index contributed by atoms with van der Waals surface area (Å²) < 4.78 is 20.9. The number of rotatable bonds is 13. The first-order chi connectivity index (χ1) is 22.0. The Labute approximate surface area is 276 Å². The van der Waals surface area contributed by atoms with Crippen LogP contribution < -0.4 is 29.1 Å². The number of carbonyl (C=O) groups excluding carboxylic acids is 1. The van der Waals surface area contributed by atoms with Gasteiger partial charge in [0.05, 0.1) is 36.8 Å². The third kappa shape index (κ3) is 9.81. The second-order valence-corrected chi connectivity index (χ2v) is 11.2. The van der Waals surface area contributed by atoms with Crippen LogP contribution in [0.2, 0.25) is 0 Å². The number of benzene rings is 3. The molecule has 1 aliphatic carbocycles. The maximum atomic E-state index is 12.6. The number of nitrogens with one attached hydrogen (secondary N) is 2. The van der Waals surface area contributed by atoms with Gasteiger partial charge in [-0.2, -0.15) is 0 Å². The first-order valence-corrected chi connectivity index (χ1v) is 17.2. The van der Waals surface area contributed by atoms with Crippen molar-refractivity contribution in [2.75, 3.05) is 50.6 Å². The quantitative estimate of drug-likeness (QED) is 0.142. The molecule has 1 saturated heterocycles. The maximum Gasteiger partial charge on any atom is 0.145 e. The van der Waals surface area contributed by atoms with E-state index in [1.807, 2.05) is 77.9 Å². The van der Waals surface area contributed by atoms with Crippen LogP contribution in [-0.4, -0.2) is 47.2 Å². The number of anilines is 2. The average molecular weight is 638 g/mol. The molecule has 0 aromatic heterocycles. The van der Waals surface area contributed by atoms with E-state index >= 15 is 0 Å². The number of nitrogens with zero attached hydrogens (tertiary/aromatic N) is 1. The highest BCUT2D eigenvalue weighted by Gasteiger charge is 2.42. The summed E-state index contributed by atoms with van der Waals surface area (Å²) >= 11 is 1.49. The molecule has 3 aromatic rings. The van der Waals surface area contributed by atoms with Gasteiger partial charge < -0.3 is 33.9 Å². The van der Waals surface area contributed by atoms with Gasteiger partial charge in [-0.1, -0.05) is 72.2 Å². The van der Waals surface area contributed by atoms with Crippen LogP contribution in [0.5, 0.6) is 17.2 Å². The van der Waals surface area contributed by atoms with Crippen LogP contribution in [0, 0.1) is 5.92 Å². The van der Waals surface area contributed by atoms with Crippen LogP contribution in [0.1, 0.15) is 71.9 Å². The van der Waals surface area contributed by atoms with Crippen molar-refractivity contribution in [3.63, 3.8) is 0 Å². The molecule has 1 heterocycles. The third-order valence-corrected chi connectivity index (χ3v) is 8.63. The molecule has 2 fully saturated rings. The molecule has 0 spiro atoms. The first kappa shape index (κ1) is 37.8. The smallest absolute Gasteiger partial charge is 0.145 e.